The van der Waals surface area contributed by atoms with Crippen molar-refractivity contribution >= 4 is 9.84 Å². The Morgan fingerprint density at radius 2 is 1.67 bits per heavy atom. The van der Waals surface area contributed by atoms with Gasteiger partial charge in [-0.2, -0.15) is 0 Å². The van der Waals surface area contributed by atoms with Gasteiger partial charge in [-0.15, -0.1) is 0 Å². The molecule has 108 valence electrons. The zero-order valence-corrected chi connectivity index (χ0v) is 12.2. The van der Waals surface area contributed by atoms with Crippen molar-refractivity contribution in [3.05, 3.63) is 11.0 Å². The topological polar surface area (TPSA) is 71.1 Å². The molecule has 0 aliphatic rings. The van der Waals surface area contributed by atoms with Gasteiger partial charge in [-0.05, 0) is 19.9 Å². The highest BCUT2D eigenvalue weighted by atomic mass is 32.2. The van der Waals surface area contributed by atoms with Crippen molar-refractivity contribution in [2.75, 3.05) is 41.0 Å². The second kappa shape index (κ2) is 9.46. The molecule has 0 aliphatic heterocycles. The van der Waals surface area contributed by atoms with Crippen LogP contribution in [-0.2, 0) is 28.8 Å². The molecular formula is C11H22O6S. The average molecular weight is 282 g/mol. The first-order chi connectivity index (χ1) is 8.46. The third-order valence-corrected chi connectivity index (χ3v) is 4.32. The predicted molar refractivity (Wildman–Crippen MR) is 67.8 cm³/mol. The second-order valence-electron chi connectivity index (χ2n) is 3.80. The van der Waals surface area contributed by atoms with Gasteiger partial charge in [0.2, 0.25) is 0 Å². The van der Waals surface area contributed by atoms with Gasteiger partial charge in [-0.25, -0.2) is 8.42 Å². The molecule has 0 radical (unpaired) electrons. The SMILES string of the molecule is COCOCC=C(COCOC)S(=O)(=O)C(C)C. The summed E-state index contributed by atoms with van der Waals surface area (Å²) in [4.78, 5) is 0.200. The van der Waals surface area contributed by atoms with Crippen molar-refractivity contribution in [1.82, 2.24) is 0 Å². The molecule has 0 saturated heterocycles. The van der Waals surface area contributed by atoms with Crippen LogP contribution in [0.15, 0.2) is 11.0 Å². The number of hydrogen-bond donors (Lipinski definition) is 0. The lowest BCUT2D eigenvalue weighted by Crippen LogP contribution is -2.20. The van der Waals surface area contributed by atoms with Gasteiger partial charge in [0.25, 0.3) is 0 Å². The highest BCUT2D eigenvalue weighted by Crippen LogP contribution is 2.14. The van der Waals surface area contributed by atoms with Crippen LogP contribution in [0.2, 0.25) is 0 Å². The van der Waals surface area contributed by atoms with Crippen molar-refractivity contribution in [2.24, 2.45) is 0 Å². The van der Waals surface area contributed by atoms with Gasteiger partial charge in [-0.3, -0.25) is 0 Å². The minimum absolute atomic E-state index is 0.0231. The van der Waals surface area contributed by atoms with Crippen molar-refractivity contribution in [3.8, 4) is 0 Å². The van der Waals surface area contributed by atoms with E-state index in [-0.39, 0.29) is 31.7 Å². The summed E-state index contributed by atoms with van der Waals surface area (Å²) < 4.78 is 43.6. The molecule has 0 N–H and O–H groups in total. The molecule has 0 aliphatic carbocycles. The van der Waals surface area contributed by atoms with E-state index in [0.29, 0.717) is 0 Å². The lowest BCUT2D eigenvalue weighted by Gasteiger charge is -2.12. The Labute approximate surface area is 109 Å². The van der Waals surface area contributed by atoms with E-state index in [4.69, 9.17) is 18.9 Å². The van der Waals surface area contributed by atoms with Crippen LogP contribution in [-0.4, -0.2) is 54.7 Å². The second-order valence-corrected chi connectivity index (χ2v) is 6.35. The van der Waals surface area contributed by atoms with Crippen molar-refractivity contribution in [3.63, 3.8) is 0 Å². The fourth-order valence-electron chi connectivity index (χ4n) is 1.07. The van der Waals surface area contributed by atoms with E-state index in [1.807, 2.05) is 0 Å². The molecule has 0 aromatic rings. The van der Waals surface area contributed by atoms with Crippen molar-refractivity contribution in [2.45, 2.75) is 19.1 Å². The lowest BCUT2D eigenvalue weighted by molar-refractivity contribution is -0.0231. The summed E-state index contributed by atoms with van der Waals surface area (Å²) in [6, 6.07) is 0. The minimum atomic E-state index is -3.35. The molecule has 0 bridgehead atoms. The molecule has 0 rings (SSSR count). The monoisotopic (exact) mass is 282 g/mol. The van der Waals surface area contributed by atoms with Gasteiger partial charge >= 0.3 is 0 Å². The van der Waals surface area contributed by atoms with Crippen LogP contribution in [0.3, 0.4) is 0 Å². The summed E-state index contributed by atoms with van der Waals surface area (Å²) in [7, 11) is -0.375. The summed E-state index contributed by atoms with van der Waals surface area (Å²) in [6.07, 6.45) is 1.49. The maximum atomic E-state index is 12.0. The van der Waals surface area contributed by atoms with E-state index in [1.165, 1.54) is 20.3 Å². The number of rotatable bonds is 10. The van der Waals surface area contributed by atoms with Gasteiger partial charge < -0.3 is 18.9 Å². The summed E-state index contributed by atoms with van der Waals surface area (Å²) >= 11 is 0. The van der Waals surface area contributed by atoms with E-state index >= 15 is 0 Å². The van der Waals surface area contributed by atoms with E-state index in [2.05, 4.69) is 0 Å². The molecule has 18 heavy (non-hydrogen) atoms. The van der Waals surface area contributed by atoms with Crippen LogP contribution in [0.5, 0.6) is 0 Å². The molecular weight excluding hydrogens is 260 g/mol. The smallest absolute Gasteiger partial charge is 0.178 e. The standard InChI is InChI=1S/C11H22O6S/c1-10(2)18(12,13)11(7-17-9-15-4)5-6-16-8-14-3/h5,10H,6-9H2,1-4H3. The zero-order chi connectivity index (χ0) is 14.0. The molecule has 0 amide bonds. The highest BCUT2D eigenvalue weighted by molar-refractivity contribution is 7.95. The Bertz CT molecular complexity index is 333. The molecule has 6 nitrogen and oxygen atoms in total. The molecule has 0 aromatic carbocycles. The van der Waals surface area contributed by atoms with E-state index in [1.54, 1.807) is 13.8 Å². The Morgan fingerprint density at radius 3 is 2.17 bits per heavy atom. The quantitative estimate of drug-likeness (QED) is 0.438. The molecule has 0 unspecified atom stereocenters. The van der Waals surface area contributed by atoms with Crippen LogP contribution < -0.4 is 0 Å². The lowest BCUT2D eigenvalue weighted by atomic mass is 10.5. The maximum Gasteiger partial charge on any atom is 0.178 e. The first kappa shape index (κ1) is 17.5. The fraction of sp³-hybridized carbons (Fsp3) is 0.818. The average Bonchev–Trinajstić information content (AvgIpc) is 2.32. The van der Waals surface area contributed by atoms with Crippen LogP contribution in [0.4, 0.5) is 0 Å². The first-order valence-electron chi connectivity index (χ1n) is 5.53. The Balaban J connectivity index is 4.61. The minimum Gasteiger partial charge on any atom is -0.359 e. The third-order valence-electron chi connectivity index (χ3n) is 2.06. The zero-order valence-electron chi connectivity index (χ0n) is 11.3. The van der Waals surface area contributed by atoms with Crippen LogP contribution in [0.1, 0.15) is 13.8 Å². The van der Waals surface area contributed by atoms with E-state index in [0.717, 1.165) is 0 Å². The predicted octanol–water partition coefficient (Wildman–Crippen LogP) is 0.935. The largest absolute Gasteiger partial charge is 0.359 e. The third kappa shape index (κ3) is 6.46. The molecule has 0 heterocycles. The van der Waals surface area contributed by atoms with Gasteiger partial charge in [0.15, 0.2) is 9.84 Å². The number of ether oxygens (including phenoxy) is 4. The normalized spacial score (nSPS) is 13.3. The molecule has 0 saturated carbocycles. The highest BCUT2D eigenvalue weighted by Gasteiger charge is 2.22. The Kier molecular flexibility index (Phi) is 9.21. The van der Waals surface area contributed by atoms with Crippen LogP contribution in [0.25, 0.3) is 0 Å². The Hall–Kier alpha value is -0.470. The Morgan fingerprint density at radius 1 is 1.11 bits per heavy atom. The number of methoxy groups -OCH3 is 2. The van der Waals surface area contributed by atoms with Gasteiger partial charge in [-0.1, -0.05) is 0 Å². The number of sulfone groups is 1. The number of hydrogen-bond acceptors (Lipinski definition) is 6. The van der Waals surface area contributed by atoms with Crippen LogP contribution >= 0.6 is 0 Å². The summed E-state index contributed by atoms with van der Waals surface area (Å²) in [5, 5.41) is -0.502. The fourth-order valence-corrected chi connectivity index (χ4v) is 2.22. The van der Waals surface area contributed by atoms with Gasteiger partial charge in [0.1, 0.15) is 13.6 Å². The van der Waals surface area contributed by atoms with Gasteiger partial charge in [0, 0.05) is 14.2 Å². The van der Waals surface area contributed by atoms with E-state index < -0.39 is 15.1 Å². The van der Waals surface area contributed by atoms with Gasteiger partial charge in [0.05, 0.1) is 23.4 Å². The van der Waals surface area contributed by atoms with Crippen molar-refractivity contribution in [1.29, 1.82) is 0 Å². The maximum absolute atomic E-state index is 12.0. The summed E-state index contributed by atoms with van der Waals surface area (Å²) in [5.74, 6) is 0. The molecule has 0 aromatic heterocycles. The molecule has 0 atom stereocenters. The first-order valence-corrected chi connectivity index (χ1v) is 7.07. The summed E-state index contributed by atoms with van der Waals surface area (Å²) in [5.41, 5.74) is 0. The molecule has 7 heteroatoms. The van der Waals surface area contributed by atoms with Crippen molar-refractivity contribution < 1.29 is 27.4 Å². The van der Waals surface area contributed by atoms with Crippen LogP contribution in [0, 0.1) is 0 Å². The molecule has 0 spiro atoms. The van der Waals surface area contributed by atoms with E-state index in [9.17, 15) is 8.42 Å². The molecule has 0 fully saturated rings. The summed E-state index contributed by atoms with van der Waals surface area (Å²) in [6.45, 7) is 3.54.